The second-order valence-electron chi connectivity index (χ2n) is 3.20. The summed E-state index contributed by atoms with van der Waals surface area (Å²) in [6.45, 7) is 0. The number of hydrogen-bond acceptors (Lipinski definition) is 1. The normalized spacial score (nSPS) is 13.9. The maximum Gasteiger partial charge on any atom is 0.423 e. The Hall–Kier alpha value is -0.510. The second kappa shape index (κ2) is 4.30. The van der Waals surface area contributed by atoms with Crippen LogP contribution in [0.3, 0.4) is 0 Å². The van der Waals surface area contributed by atoms with Gasteiger partial charge in [0, 0.05) is 9.13 Å². The number of alkyl halides is 6. The van der Waals surface area contributed by atoms with Crippen LogP contribution in [-0.4, -0.2) is 17.1 Å². The van der Waals surface area contributed by atoms with Gasteiger partial charge >= 0.3 is 18.0 Å². The molecule has 1 nitrogen and oxygen atoms in total. The Balaban J connectivity index is 3.23. The SMILES string of the molecule is OC(F)(F)C(F)(F)C(F)(F)c1ccc(I)cc1. The highest BCUT2D eigenvalue weighted by molar-refractivity contribution is 14.1. The van der Waals surface area contributed by atoms with Gasteiger partial charge in [-0.2, -0.15) is 26.3 Å². The molecule has 0 aliphatic heterocycles. The van der Waals surface area contributed by atoms with E-state index in [0.717, 1.165) is 12.1 Å². The summed E-state index contributed by atoms with van der Waals surface area (Å²) in [7, 11) is 0. The molecule has 0 aliphatic rings. The topological polar surface area (TPSA) is 20.2 Å². The van der Waals surface area contributed by atoms with E-state index < -0.39 is 23.5 Å². The van der Waals surface area contributed by atoms with E-state index in [2.05, 4.69) is 0 Å². The number of halogens is 7. The van der Waals surface area contributed by atoms with E-state index >= 15 is 0 Å². The molecule has 0 aromatic heterocycles. The third-order valence-corrected chi connectivity index (χ3v) is 2.70. The van der Waals surface area contributed by atoms with Crippen molar-refractivity contribution in [2.24, 2.45) is 0 Å². The zero-order valence-electron chi connectivity index (χ0n) is 7.90. The van der Waals surface area contributed by atoms with Crippen LogP contribution < -0.4 is 0 Å². The lowest BCUT2D eigenvalue weighted by atomic mass is 10.0. The summed E-state index contributed by atoms with van der Waals surface area (Å²) in [5.74, 6) is -11.1. The summed E-state index contributed by atoms with van der Waals surface area (Å²) in [6.07, 6.45) is -5.81. The number of rotatable bonds is 3. The standard InChI is InChI=1S/C9H5F6IO/c10-7(11,8(12,13)9(14,15)17)5-1-3-6(16)4-2-5/h1-4,17H. The van der Waals surface area contributed by atoms with Crippen molar-refractivity contribution >= 4 is 22.6 Å². The Morgan fingerprint density at radius 2 is 1.29 bits per heavy atom. The van der Waals surface area contributed by atoms with Gasteiger partial charge in [-0.3, -0.25) is 0 Å². The van der Waals surface area contributed by atoms with Crippen molar-refractivity contribution in [3.63, 3.8) is 0 Å². The quantitative estimate of drug-likeness (QED) is 0.637. The van der Waals surface area contributed by atoms with E-state index in [9.17, 15) is 26.3 Å². The fourth-order valence-electron chi connectivity index (χ4n) is 1.03. The number of hydrogen-bond donors (Lipinski definition) is 1. The predicted molar refractivity (Wildman–Crippen MR) is 55.2 cm³/mol. The lowest BCUT2D eigenvalue weighted by Crippen LogP contribution is -2.52. The van der Waals surface area contributed by atoms with E-state index in [-0.39, 0.29) is 0 Å². The summed E-state index contributed by atoms with van der Waals surface area (Å²) >= 11 is 1.73. The summed E-state index contributed by atoms with van der Waals surface area (Å²) in [4.78, 5) is 0. The van der Waals surface area contributed by atoms with Crippen LogP contribution in [0, 0.1) is 3.57 Å². The van der Waals surface area contributed by atoms with Crippen molar-refractivity contribution in [1.29, 1.82) is 0 Å². The van der Waals surface area contributed by atoms with E-state index in [1.165, 1.54) is 0 Å². The van der Waals surface area contributed by atoms with Crippen molar-refractivity contribution in [1.82, 2.24) is 0 Å². The van der Waals surface area contributed by atoms with E-state index in [1.54, 1.807) is 22.6 Å². The van der Waals surface area contributed by atoms with Gasteiger partial charge in [0.15, 0.2) is 0 Å². The first-order valence-corrected chi connectivity index (χ1v) is 5.20. The maximum atomic E-state index is 13.2. The largest absolute Gasteiger partial charge is 0.423 e. The van der Waals surface area contributed by atoms with E-state index in [4.69, 9.17) is 5.11 Å². The Bertz CT molecular complexity index is 397. The van der Waals surface area contributed by atoms with Crippen LogP contribution in [0.15, 0.2) is 24.3 Å². The minimum absolute atomic E-state index is 0.473. The first kappa shape index (κ1) is 14.6. The van der Waals surface area contributed by atoms with Gasteiger partial charge in [-0.05, 0) is 34.7 Å². The molecule has 17 heavy (non-hydrogen) atoms. The molecule has 0 radical (unpaired) electrons. The third-order valence-electron chi connectivity index (χ3n) is 1.98. The Morgan fingerprint density at radius 1 is 0.882 bits per heavy atom. The zero-order chi connectivity index (χ0) is 13.5. The molecule has 0 aliphatic carbocycles. The molecule has 0 unspecified atom stereocenters. The lowest BCUT2D eigenvalue weighted by molar-refractivity contribution is -0.388. The molecule has 1 N–H and O–H groups in total. The van der Waals surface area contributed by atoms with Gasteiger partial charge in [0.2, 0.25) is 0 Å². The second-order valence-corrected chi connectivity index (χ2v) is 4.44. The minimum atomic E-state index is -5.88. The monoisotopic (exact) mass is 370 g/mol. The van der Waals surface area contributed by atoms with Crippen LogP contribution in [0.5, 0.6) is 0 Å². The molecule has 0 saturated heterocycles. The molecule has 0 heterocycles. The summed E-state index contributed by atoms with van der Waals surface area (Å²) in [6, 6.07) is 3.33. The highest BCUT2D eigenvalue weighted by Gasteiger charge is 2.72. The van der Waals surface area contributed by atoms with Crippen LogP contribution in [0.1, 0.15) is 5.56 Å². The number of aliphatic hydroxyl groups is 1. The Labute approximate surface area is 106 Å². The molecule has 1 aromatic carbocycles. The molecule has 0 amide bonds. The molecule has 8 heteroatoms. The fraction of sp³-hybridized carbons (Fsp3) is 0.333. The van der Waals surface area contributed by atoms with Crippen molar-refractivity contribution < 1.29 is 31.4 Å². The van der Waals surface area contributed by atoms with Crippen molar-refractivity contribution in [2.75, 3.05) is 0 Å². The minimum Gasteiger partial charge on any atom is -0.331 e. The fourth-order valence-corrected chi connectivity index (χ4v) is 1.39. The molecule has 0 fully saturated rings. The highest BCUT2D eigenvalue weighted by Crippen LogP contribution is 2.49. The number of benzene rings is 1. The van der Waals surface area contributed by atoms with Gasteiger partial charge in [0.1, 0.15) is 0 Å². The summed E-state index contributed by atoms with van der Waals surface area (Å²) < 4.78 is 76.5. The van der Waals surface area contributed by atoms with Crippen molar-refractivity contribution in [2.45, 2.75) is 18.0 Å². The van der Waals surface area contributed by atoms with Gasteiger partial charge in [-0.25, -0.2) is 0 Å². The van der Waals surface area contributed by atoms with Crippen LogP contribution >= 0.6 is 22.6 Å². The highest BCUT2D eigenvalue weighted by atomic mass is 127. The van der Waals surface area contributed by atoms with Crippen LogP contribution in [0.2, 0.25) is 0 Å². The van der Waals surface area contributed by atoms with Gasteiger partial charge in [-0.15, -0.1) is 0 Å². The van der Waals surface area contributed by atoms with Gasteiger partial charge in [-0.1, -0.05) is 12.1 Å². The van der Waals surface area contributed by atoms with Crippen molar-refractivity contribution in [3.05, 3.63) is 33.4 Å². The first-order chi connectivity index (χ1) is 7.50. The Kier molecular flexibility index (Phi) is 3.68. The van der Waals surface area contributed by atoms with Crippen LogP contribution in [0.25, 0.3) is 0 Å². The molecule has 96 valence electrons. The Morgan fingerprint density at radius 3 is 1.65 bits per heavy atom. The molecule has 0 spiro atoms. The van der Waals surface area contributed by atoms with Gasteiger partial charge < -0.3 is 5.11 Å². The summed E-state index contributed by atoms with van der Waals surface area (Å²) in [5, 5.41) is 7.83. The van der Waals surface area contributed by atoms with Gasteiger partial charge in [0.05, 0.1) is 0 Å². The molecular formula is C9H5F6IO. The van der Waals surface area contributed by atoms with E-state index in [1.807, 2.05) is 0 Å². The molecule has 0 bridgehead atoms. The first-order valence-electron chi connectivity index (χ1n) is 4.12. The smallest absolute Gasteiger partial charge is 0.331 e. The molecule has 1 rings (SSSR count). The molecule has 1 aromatic rings. The zero-order valence-corrected chi connectivity index (χ0v) is 10.1. The predicted octanol–water partition coefficient (Wildman–Crippen LogP) is 3.60. The van der Waals surface area contributed by atoms with Crippen molar-refractivity contribution in [3.8, 4) is 0 Å². The maximum absolute atomic E-state index is 13.2. The van der Waals surface area contributed by atoms with Crippen LogP contribution in [0.4, 0.5) is 26.3 Å². The third kappa shape index (κ3) is 2.51. The summed E-state index contributed by atoms with van der Waals surface area (Å²) in [5.41, 5.74) is -1.29. The molecular weight excluding hydrogens is 365 g/mol. The lowest BCUT2D eigenvalue weighted by Gasteiger charge is -2.29. The average molecular weight is 370 g/mol. The molecule has 0 saturated carbocycles. The molecule has 0 atom stereocenters. The van der Waals surface area contributed by atoms with E-state index in [0.29, 0.717) is 15.7 Å². The van der Waals surface area contributed by atoms with Crippen LogP contribution in [-0.2, 0) is 5.92 Å². The average Bonchev–Trinajstić information content (AvgIpc) is 2.16. The van der Waals surface area contributed by atoms with Gasteiger partial charge in [0.25, 0.3) is 0 Å².